The molecule has 1 aromatic carbocycles. The van der Waals surface area contributed by atoms with Crippen molar-refractivity contribution in [2.45, 2.75) is 32.4 Å². The third kappa shape index (κ3) is 4.41. The first-order chi connectivity index (χ1) is 11.8. The summed E-state index contributed by atoms with van der Waals surface area (Å²) in [5, 5.41) is 0. The van der Waals surface area contributed by atoms with E-state index in [1.54, 1.807) is 11.1 Å². The molecule has 2 heterocycles. The maximum absolute atomic E-state index is 12.5. The molecule has 0 radical (unpaired) electrons. The molecule has 0 spiro atoms. The van der Waals surface area contributed by atoms with Crippen LogP contribution in [0, 0.1) is 0 Å². The number of carbonyl (C=O) groups excluding carboxylic acids is 1. The average molecular weight is 408 g/mol. The lowest BCUT2D eigenvalue weighted by atomic mass is 10.2. The molecule has 1 saturated heterocycles. The van der Waals surface area contributed by atoms with Gasteiger partial charge in [-0.05, 0) is 38.5 Å². The van der Waals surface area contributed by atoms with E-state index in [0.29, 0.717) is 25.6 Å². The van der Waals surface area contributed by atoms with Crippen molar-refractivity contribution in [2.24, 2.45) is 0 Å². The van der Waals surface area contributed by atoms with Gasteiger partial charge in [-0.2, -0.15) is 0 Å². The number of ether oxygens (including phenoxy) is 2. The SMILES string of the molecule is CC(C)(C)OC(=O)N1CCOC[C@H]1c1ncc(-c2ccc(Br)cc2)[nH]1. The summed E-state index contributed by atoms with van der Waals surface area (Å²) in [7, 11) is 0. The highest BCUT2D eigenvalue weighted by Gasteiger charge is 2.33. The number of nitrogens with one attached hydrogen (secondary N) is 1. The second-order valence-corrected chi connectivity index (χ2v) is 7.87. The van der Waals surface area contributed by atoms with Gasteiger partial charge in [0.05, 0.1) is 25.1 Å². The number of morpholine rings is 1. The number of carbonyl (C=O) groups is 1. The topological polar surface area (TPSA) is 67.4 Å². The second-order valence-electron chi connectivity index (χ2n) is 6.95. The fraction of sp³-hybridized carbons (Fsp3) is 0.444. The van der Waals surface area contributed by atoms with Crippen LogP contribution in [0.4, 0.5) is 4.79 Å². The van der Waals surface area contributed by atoms with E-state index in [1.165, 1.54) is 0 Å². The van der Waals surface area contributed by atoms with Crippen LogP contribution in [-0.4, -0.2) is 46.3 Å². The van der Waals surface area contributed by atoms with Gasteiger partial charge in [-0.15, -0.1) is 0 Å². The van der Waals surface area contributed by atoms with E-state index in [9.17, 15) is 4.79 Å². The number of imidazole rings is 1. The molecule has 1 aliphatic rings. The molecule has 134 valence electrons. The average Bonchev–Trinajstić information content (AvgIpc) is 3.04. The highest BCUT2D eigenvalue weighted by atomic mass is 79.9. The number of benzene rings is 1. The van der Waals surface area contributed by atoms with Crippen molar-refractivity contribution < 1.29 is 14.3 Å². The van der Waals surface area contributed by atoms with Crippen LogP contribution in [0.3, 0.4) is 0 Å². The smallest absolute Gasteiger partial charge is 0.411 e. The summed E-state index contributed by atoms with van der Waals surface area (Å²) in [6, 6.07) is 7.68. The molecular weight excluding hydrogens is 386 g/mol. The van der Waals surface area contributed by atoms with Gasteiger partial charge in [-0.25, -0.2) is 9.78 Å². The molecule has 7 heteroatoms. The number of hydrogen-bond donors (Lipinski definition) is 1. The predicted molar refractivity (Wildman–Crippen MR) is 98.2 cm³/mol. The number of amides is 1. The Bertz CT molecular complexity index is 737. The monoisotopic (exact) mass is 407 g/mol. The minimum atomic E-state index is -0.536. The Morgan fingerprint density at radius 2 is 2.08 bits per heavy atom. The van der Waals surface area contributed by atoms with Gasteiger partial charge >= 0.3 is 6.09 Å². The van der Waals surface area contributed by atoms with Crippen molar-refractivity contribution >= 4 is 22.0 Å². The molecule has 25 heavy (non-hydrogen) atoms. The third-order valence-corrected chi connectivity index (χ3v) is 4.35. The van der Waals surface area contributed by atoms with Crippen LogP contribution in [0.25, 0.3) is 11.3 Å². The number of rotatable bonds is 2. The second kappa shape index (κ2) is 7.17. The van der Waals surface area contributed by atoms with Gasteiger partial charge < -0.3 is 14.5 Å². The quantitative estimate of drug-likeness (QED) is 0.811. The number of halogens is 1. The number of aromatic amines is 1. The van der Waals surface area contributed by atoms with Crippen molar-refractivity contribution in [2.75, 3.05) is 19.8 Å². The lowest BCUT2D eigenvalue weighted by Crippen LogP contribution is -2.46. The zero-order valence-corrected chi connectivity index (χ0v) is 16.2. The van der Waals surface area contributed by atoms with Crippen molar-refractivity contribution in [3.05, 3.63) is 40.8 Å². The summed E-state index contributed by atoms with van der Waals surface area (Å²) in [6.07, 6.45) is 1.43. The Labute approximate surface area is 155 Å². The maximum Gasteiger partial charge on any atom is 0.411 e. The summed E-state index contributed by atoms with van der Waals surface area (Å²) < 4.78 is 12.1. The first kappa shape index (κ1) is 17.9. The molecule has 1 aromatic heterocycles. The largest absolute Gasteiger partial charge is 0.444 e. The van der Waals surface area contributed by atoms with E-state index >= 15 is 0 Å². The summed E-state index contributed by atoms with van der Waals surface area (Å²) in [5.41, 5.74) is 1.39. The lowest BCUT2D eigenvalue weighted by Gasteiger charge is -2.35. The van der Waals surface area contributed by atoms with Crippen LogP contribution in [0.15, 0.2) is 34.9 Å². The highest BCUT2D eigenvalue weighted by molar-refractivity contribution is 9.10. The molecule has 0 bridgehead atoms. The van der Waals surface area contributed by atoms with Crippen molar-refractivity contribution in [1.82, 2.24) is 14.9 Å². The van der Waals surface area contributed by atoms with Gasteiger partial charge in [0.2, 0.25) is 0 Å². The van der Waals surface area contributed by atoms with Gasteiger partial charge in [-0.1, -0.05) is 28.1 Å². The van der Waals surface area contributed by atoms with E-state index in [-0.39, 0.29) is 12.1 Å². The summed E-state index contributed by atoms with van der Waals surface area (Å²) in [4.78, 5) is 22.0. The van der Waals surface area contributed by atoms with Gasteiger partial charge in [-0.3, -0.25) is 4.90 Å². The van der Waals surface area contributed by atoms with Gasteiger partial charge in [0, 0.05) is 11.0 Å². The predicted octanol–water partition coefficient (Wildman–Crippen LogP) is 4.15. The zero-order chi connectivity index (χ0) is 18.0. The Morgan fingerprint density at radius 1 is 1.36 bits per heavy atom. The highest BCUT2D eigenvalue weighted by Crippen LogP contribution is 2.27. The molecule has 1 fully saturated rings. The van der Waals surface area contributed by atoms with Crippen LogP contribution in [0.5, 0.6) is 0 Å². The fourth-order valence-electron chi connectivity index (χ4n) is 2.65. The van der Waals surface area contributed by atoms with Gasteiger partial charge in [0.15, 0.2) is 0 Å². The van der Waals surface area contributed by atoms with E-state index in [2.05, 4.69) is 25.9 Å². The molecule has 0 aliphatic carbocycles. The number of hydrogen-bond acceptors (Lipinski definition) is 4. The van der Waals surface area contributed by atoms with Crippen LogP contribution < -0.4 is 0 Å². The molecule has 1 atom stereocenters. The van der Waals surface area contributed by atoms with Crippen LogP contribution in [0.1, 0.15) is 32.6 Å². The molecule has 1 amide bonds. The molecular formula is C18H22BrN3O3. The van der Waals surface area contributed by atoms with Crippen LogP contribution >= 0.6 is 15.9 Å². The lowest BCUT2D eigenvalue weighted by molar-refractivity contribution is -0.0349. The van der Waals surface area contributed by atoms with Gasteiger partial charge in [0.25, 0.3) is 0 Å². The molecule has 0 saturated carbocycles. The summed E-state index contributed by atoms with van der Waals surface area (Å²) in [6.45, 7) is 6.95. The number of aromatic nitrogens is 2. The molecule has 1 N–H and O–H groups in total. The Kier molecular flexibility index (Phi) is 5.15. The first-order valence-corrected chi connectivity index (χ1v) is 9.01. The number of H-pyrrole nitrogens is 1. The molecule has 3 rings (SSSR count). The van der Waals surface area contributed by atoms with Crippen molar-refractivity contribution in [1.29, 1.82) is 0 Å². The minimum Gasteiger partial charge on any atom is -0.444 e. The normalized spacial score (nSPS) is 18.2. The van der Waals surface area contributed by atoms with Crippen molar-refractivity contribution in [3.8, 4) is 11.3 Å². The molecule has 6 nitrogen and oxygen atoms in total. The Morgan fingerprint density at radius 3 is 2.76 bits per heavy atom. The summed E-state index contributed by atoms with van der Waals surface area (Å²) in [5.74, 6) is 0.698. The Hall–Kier alpha value is -1.86. The fourth-order valence-corrected chi connectivity index (χ4v) is 2.92. The molecule has 1 aliphatic heterocycles. The first-order valence-electron chi connectivity index (χ1n) is 8.22. The van der Waals surface area contributed by atoms with E-state index < -0.39 is 5.60 Å². The Balaban J connectivity index is 1.81. The standard InChI is InChI=1S/C18H22BrN3O3/c1-18(2,3)25-17(23)22-8-9-24-11-15(22)16-20-10-14(21-16)12-4-6-13(19)7-5-12/h4-7,10,15H,8-9,11H2,1-3H3,(H,20,21)/t15-/m0/s1. The van der Waals surface area contributed by atoms with E-state index in [0.717, 1.165) is 15.7 Å². The maximum atomic E-state index is 12.5. The van der Waals surface area contributed by atoms with E-state index in [4.69, 9.17) is 9.47 Å². The van der Waals surface area contributed by atoms with Crippen LogP contribution in [-0.2, 0) is 9.47 Å². The summed E-state index contributed by atoms with van der Waals surface area (Å²) >= 11 is 3.43. The molecule has 0 unspecified atom stereocenters. The minimum absolute atomic E-state index is 0.284. The van der Waals surface area contributed by atoms with Crippen molar-refractivity contribution in [3.63, 3.8) is 0 Å². The van der Waals surface area contributed by atoms with E-state index in [1.807, 2.05) is 45.0 Å². The van der Waals surface area contributed by atoms with Gasteiger partial charge in [0.1, 0.15) is 17.5 Å². The zero-order valence-electron chi connectivity index (χ0n) is 14.6. The molecule has 2 aromatic rings. The van der Waals surface area contributed by atoms with Crippen LogP contribution in [0.2, 0.25) is 0 Å². The number of nitrogens with zero attached hydrogens (tertiary/aromatic N) is 2. The third-order valence-electron chi connectivity index (χ3n) is 3.82.